The first-order chi connectivity index (χ1) is 6.93. The maximum atomic E-state index is 5.50. The van der Waals surface area contributed by atoms with Gasteiger partial charge in [0.2, 0.25) is 0 Å². The summed E-state index contributed by atoms with van der Waals surface area (Å²) < 4.78 is 6.65. The zero-order valence-corrected chi connectivity index (χ0v) is 10.4. The maximum absolute atomic E-state index is 5.50. The molecule has 0 unspecified atom stereocenters. The van der Waals surface area contributed by atoms with Crippen LogP contribution in [0.15, 0.2) is 30.3 Å². The zero-order valence-electron chi connectivity index (χ0n) is 8.21. The van der Waals surface area contributed by atoms with Crippen molar-refractivity contribution in [2.45, 2.75) is 6.61 Å². The topological polar surface area (TPSA) is 21.3 Å². The van der Waals surface area contributed by atoms with Crippen LogP contribution in [0, 0.1) is 0 Å². The van der Waals surface area contributed by atoms with Gasteiger partial charge >= 0.3 is 0 Å². The number of rotatable bonds is 7. The van der Waals surface area contributed by atoms with Gasteiger partial charge in [0.1, 0.15) is 0 Å². The molecule has 0 atom stereocenters. The van der Waals surface area contributed by atoms with Gasteiger partial charge in [-0.3, -0.25) is 0 Å². The fourth-order valence-corrected chi connectivity index (χ4v) is 1.48. The van der Waals surface area contributed by atoms with Gasteiger partial charge < -0.3 is 10.1 Å². The number of ether oxygens (including phenoxy) is 1. The standard InChI is InChI=1S/C11H16INO/c12-6-7-13-8-9-14-10-11-4-2-1-3-5-11/h1-5,13H,6-10H2. The summed E-state index contributed by atoms with van der Waals surface area (Å²) in [5, 5.41) is 3.29. The van der Waals surface area contributed by atoms with Crippen molar-refractivity contribution in [1.29, 1.82) is 0 Å². The van der Waals surface area contributed by atoms with E-state index in [1.54, 1.807) is 0 Å². The molecule has 0 aliphatic carbocycles. The van der Waals surface area contributed by atoms with Crippen LogP contribution in [0.3, 0.4) is 0 Å². The average molecular weight is 305 g/mol. The molecule has 0 fully saturated rings. The van der Waals surface area contributed by atoms with Crippen LogP contribution < -0.4 is 5.32 Å². The molecule has 0 spiro atoms. The summed E-state index contributed by atoms with van der Waals surface area (Å²) in [5.41, 5.74) is 1.24. The van der Waals surface area contributed by atoms with E-state index in [2.05, 4.69) is 40.0 Å². The predicted octanol–water partition coefficient (Wildman–Crippen LogP) is 2.23. The maximum Gasteiger partial charge on any atom is 0.0717 e. The minimum absolute atomic E-state index is 0.715. The van der Waals surface area contributed by atoms with Crippen molar-refractivity contribution < 1.29 is 4.74 Å². The van der Waals surface area contributed by atoms with E-state index in [4.69, 9.17) is 4.74 Å². The molecule has 1 aromatic carbocycles. The Morgan fingerprint density at radius 3 is 2.64 bits per heavy atom. The van der Waals surface area contributed by atoms with Crippen LogP contribution in [0.5, 0.6) is 0 Å². The molecule has 14 heavy (non-hydrogen) atoms. The van der Waals surface area contributed by atoms with Crippen molar-refractivity contribution in [3.8, 4) is 0 Å². The van der Waals surface area contributed by atoms with E-state index in [0.717, 1.165) is 24.1 Å². The summed E-state index contributed by atoms with van der Waals surface area (Å²) in [6, 6.07) is 10.3. The molecule has 0 bridgehead atoms. The predicted molar refractivity (Wildman–Crippen MR) is 67.9 cm³/mol. The molecular weight excluding hydrogens is 289 g/mol. The van der Waals surface area contributed by atoms with Gasteiger partial charge in [-0.2, -0.15) is 0 Å². The van der Waals surface area contributed by atoms with Crippen molar-refractivity contribution in [2.75, 3.05) is 24.1 Å². The lowest BCUT2D eigenvalue weighted by Gasteiger charge is -2.04. The average Bonchev–Trinajstić information content (AvgIpc) is 2.25. The first kappa shape index (κ1) is 11.9. The molecule has 0 aliphatic heterocycles. The van der Waals surface area contributed by atoms with Crippen molar-refractivity contribution >= 4 is 22.6 Å². The first-order valence-electron chi connectivity index (χ1n) is 4.82. The molecule has 3 heteroatoms. The largest absolute Gasteiger partial charge is 0.375 e. The van der Waals surface area contributed by atoms with Crippen molar-refractivity contribution in [1.82, 2.24) is 5.32 Å². The Hall–Kier alpha value is -0.130. The molecule has 0 amide bonds. The van der Waals surface area contributed by atoms with Crippen LogP contribution in [0.25, 0.3) is 0 Å². The Balaban J connectivity index is 1.99. The molecule has 78 valence electrons. The molecule has 0 saturated heterocycles. The highest BCUT2D eigenvalue weighted by molar-refractivity contribution is 14.1. The molecule has 1 rings (SSSR count). The second-order valence-electron chi connectivity index (χ2n) is 2.98. The number of halogens is 1. The summed E-state index contributed by atoms with van der Waals surface area (Å²) >= 11 is 2.35. The highest BCUT2D eigenvalue weighted by Crippen LogP contribution is 1.99. The lowest BCUT2D eigenvalue weighted by Crippen LogP contribution is -2.21. The Bertz CT molecular complexity index is 228. The first-order valence-corrected chi connectivity index (χ1v) is 6.34. The van der Waals surface area contributed by atoms with Crippen molar-refractivity contribution in [2.24, 2.45) is 0 Å². The molecule has 1 aromatic rings. The van der Waals surface area contributed by atoms with Crippen LogP contribution in [0.1, 0.15) is 5.56 Å². The van der Waals surface area contributed by atoms with Crippen LogP contribution in [-0.2, 0) is 11.3 Å². The second-order valence-corrected chi connectivity index (χ2v) is 4.06. The molecule has 0 aromatic heterocycles. The Kier molecular flexibility index (Phi) is 7.00. The van der Waals surface area contributed by atoms with E-state index in [0.29, 0.717) is 6.61 Å². The van der Waals surface area contributed by atoms with Crippen molar-refractivity contribution in [3.63, 3.8) is 0 Å². The van der Waals surface area contributed by atoms with Gasteiger partial charge in [0.15, 0.2) is 0 Å². The van der Waals surface area contributed by atoms with E-state index < -0.39 is 0 Å². The van der Waals surface area contributed by atoms with E-state index >= 15 is 0 Å². The molecule has 0 saturated carbocycles. The fraction of sp³-hybridized carbons (Fsp3) is 0.455. The third-order valence-corrected chi connectivity index (χ3v) is 2.35. The minimum atomic E-state index is 0.715. The number of benzene rings is 1. The van der Waals surface area contributed by atoms with Crippen molar-refractivity contribution in [3.05, 3.63) is 35.9 Å². The summed E-state index contributed by atoms with van der Waals surface area (Å²) in [4.78, 5) is 0. The fourth-order valence-electron chi connectivity index (χ4n) is 1.10. The second kappa shape index (κ2) is 8.20. The summed E-state index contributed by atoms with van der Waals surface area (Å²) in [5.74, 6) is 0. The van der Waals surface area contributed by atoms with E-state index in [-0.39, 0.29) is 0 Å². The van der Waals surface area contributed by atoms with Gasteiger partial charge in [0.25, 0.3) is 0 Å². The monoisotopic (exact) mass is 305 g/mol. The van der Waals surface area contributed by atoms with Crippen LogP contribution in [0.4, 0.5) is 0 Å². The SMILES string of the molecule is ICCNCCOCc1ccccc1. The number of hydrogen-bond acceptors (Lipinski definition) is 2. The van der Waals surface area contributed by atoms with E-state index in [1.807, 2.05) is 18.2 Å². The smallest absolute Gasteiger partial charge is 0.0717 e. The minimum Gasteiger partial charge on any atom is -0.375 e. The Morgan fingerprint density at radius 1 is 1.14 bits per heavy atom. The highest BCUT2D eigenvalue weighted by atomic mass is 127. The zero-order chi connectivity index (χ0) is 10.1. The third kappa shape index (κ3) is 5.57. The third-order valence-electron chi connectivity index (χ3n) is 1.81. The molecular formula is C11H16INO. The lowest BCUT2D eigenvalue weighted by atomic mass is 10.2. The molecule has 0 heterocycles. The Labute approximate surface area is 99.2 Å². The van der Waals surface area contributed by atoms with Crippen LogP contribution >= 0.6 is 22.6 Å². The van der Waals surface area contributed by atoms with Gasteiger partial charge in [0, 0.05) is 17.5 Å². The summed E-state index contributed by atoms with van der Waals surface area (Å²) in [6.07, 6.45) is 0. The van der Waals surface area contributed by atoms with Gasteiger partial charge in [-0.15, -0.1) is 0 Å². The quantitative estimate of drug-likeness (QED) is 0.474. The number of alkyl halides is 1. The van der Waals surface area contributed by atoms with E-state index in [9.17, 15) is 0 Å². The van der Waals surface area contributed by atoms with Crippen LogP contribution in [0.2, 0.25) is 0 Å². The number of hydrogen-bond donors (Lipinski definition) is 1. The molecule has 0 radical (unpaired) electrons. The molecule has 0 aliphatic rings. The van der Waals surface area contributed by atoms with Gasteiger partial charge in [-0.25, -0.2) is 0 Å². The van der Waals surface area contributed by atoms with Gasteiger partial charge in [-0.1, -0.05) is 52.9 Å². The Morgan fingerprint density at radius 2 is 1.93 bits per heavy atom. The highest BCUT2D eigenvalue weighted by Gasteiger charge is 1.91. The van der Waals surface area contributed by atoms with Crippen LogP contribution in [-0.4, -0.2) is 24.1 Å². The number of nitrogens with one attached hydrogen (secondary N) is 1. The van der Waals surface area contributed by atoms with E-state index in [1.165, 1.54) is 5.56 Å². The van der Waals surface area contributed by atoms with Gasteiger partial charge in [-0.05, 0) is 5.56 Å². The molecule has 2 nitrogen and oxygen atoms in total. The summed E-state index contributed by atoms with van der Waals surface area (Å²) in [7, 11) is 0. The summed E-state index contributed by atoms with van der Waals surface area (Å²) in [6.45, 7) is 3.50. The lowest BCUT2D eigenvalue weighted by molar-refractivity contribution is 0.123. The normalized spacial score (nSPS) is 10.4. The van der Waals surface area contributed by atoms with Gasteiger partial charge in [0.05, 0.1) is 13.2 Å². The molecule has 1 N–H and O–H groups in total.